The molecule has 3 saturated heterocycles. The average Bonchev–Trinajstić information content (AvgIpc) is 2.99. The van der Waals surface area contributed by atoms with Crippen molar-refractivity contribution < 1.29 is 4.79 Å². The number of hydrogen-bond acceptors (Lipinski definition) is 2. The standard InChI is InChI=1S/C22H24N2O/c1-3-14-12-24-20-11-18-15-6-4-5-7-19(15)23-22(18)21(24)10-17(14)16(20)9-8-13(2)25/h3-9,16-17,20-21,23H,10-12H2,1-2H3. The van der Waals surface area contributed by atoms with Gasteiger partial charge >= 0.3 is 0 Å². The second-order valence-electron chi connectivity index (χ2n) is 7.78. The van der Waals surface area contributed by atoms with Crippen LogP contribution in [0.4, 0.5) is 0 Å². The lowest BCUT2D eigenvalue weighted by Gasteiger charge is -2.58. The van der Waals surface area contributed by atoms with E-state index < -0.39 is 0 Å². The molecule has 3 heteroatoms. The molecule has 2 aromatic rings. The number of allylic oxidation sites excluding steroid dienone is 2. The molecular weight excluding hydrogens is 308 g/mol. The summed E-state index contributed by atoms with van der Waals surface area (Å²) in [5.74, 6) is 1.17. The Hall–Kier alpha value is -2.13. The third kappa shape index (κ3) is 2.12. The number of ketones is 1. The van der Waals surface area contributed by atoms with Gasteiger partial charge in [0.25, 0.3) is 0 Å². The Morgan fingerprint density at radius 3 is 2.96 bits per heavy atom. The summed E-state index contributed by atoms with van der Waals surface area (Å²) in [5.41, 5.74) is 5.75. The Morgan fingerprint density at radius 1 is 1.32 bits per heavy atom. The Labute approximate surface area is 148 Å². The van der Waals surface area contributed by atoms with Gasteiger partial charge in [0.05, 0.1) is 6.04 Å². The van der Waals surface area contributed by atoms with E-state index in [0.29, 0.717) is 23.9 Å². The first kappa shape index (κ1) is 15.2. The highest BCUT2D eigenvalue weighted by molar-refractivity contribution is 5.87. The Kier molecular flexibility index (Phi) is 3.29. The second-order valence-corrected chi connectivity index (χ2v) is 7.78. The van der Waals surface area contributed by atoms with Crippen molar-refractivity contribution in [1.29, 1.82) is 0 Å². The summed E-state index contributed by atoms with van der Waals surface area (Å²) in [4.78, 5) is 17.9. The van der Waals surface area contributed by atoms with Crippen molar-refractivity contribution in [1.82, 2.24) is 9.88 Å². The van der Waals surface area contributed by atoms with Crippen LogP contribution >= 0.6 is 0 Å². The van der Waals surface area contributed by atoms with E-state index in [0.717, 1.165) is 19.4 Å². The lowest BCUT2D eigenvalue weighted by atomic mass is 9.64. The van der Waals surface area contributed by atoms with Crippen LogP contribution < -0.4 is 0 Å². The maximum Gasteiger partial charge on any atom is 0.152 e. The van der Waals surface area contributed by atoms with Crippen molar-refractivity contribution in [2.75, 3.05) is 6.54 Å². The number of carbonyl (C=O) groups excluding carboxylic acids is 1. The van der Waals surface area contributed by atoms with Gasteiger partial charge in [-0.05, 0) is 56.2 Å². The molecule has 3 fully saturated rings. The van der Waals surface area contributed by atoms with Crippen LogP contribution in [0.1, 0.15) is 37.6 Å². The van der Waals surface area contributed by atoms with E-state index in [-0.39, 0.29) is 5.78 Å². The normalized spacial score (nSPS) is 34.8. The van der Waals surface area contributed by atoms with Crippen LogP contribution in [0, 0.1) is 11.8 Å². The summed E-state index contributed by atoms with van der Waals surface area (Å²) >= 11 is 0. The molecule has 4 bridgehead atoms. The molecule has 5 unspecified atom stereocenters. The molecule has 25 heavy (non-hydrogen) atoms. The third-order valence-electron chi connectivity index (χ3n) is 6.57. The molecule has 1 aromatic carbocycles. The minimum absolute atomic E-state index is 0.151. The van der Waals surface area contributed by atoms with Crippen molar-refractivity contribution in [3.05, 3.63) is 59.3 Å². The zero-order valence-electron chi connectivity index (χ0n) is 14.8. The average molecular weight is 332 g/mol. The number of hydrogen-bond donors (Lipinski definition) is 1. The molecule has 4 aliphatic rings. The van der Waals surface area contributed by atoms with Crippen molar-refractivity contribution in [3.8, 4) is 0 Å². The molecule has 0 radical (unpaired) electrons. The van der Waals surface area contributed by atoms with Crippen LogP contribution in [-0.2, 0) is 11.2 Å². The van der Waals surface area contributed by atoms with E-state index in [1.165, 1.54) is 22.2 Å². The molecule has 6 rings (SSSR count). The van der Waals surface area contributed by atoms with Crippen LogP contribution in [-0.4, -0.2) is 28.3 Å². The van der Waals surface area contributed by atoms with Crippen molar-refractivity contribution in [2.45, 2.75) is 38.8 Å². The van der Waals surface area contributed by atoms with Crippen LogP contribution in [0.25, 0.3) is 10.9 Å². The smallest absolute Gasteiger partial charge is 0.152 e. The van der Waals surface area contributed by atoms with E-state index in [2.05, 4.69) is 53.2 Å². The van der Waals surface area contributed by atoms with Gasteiger partial charge in [-0.15, -0.1) is 0 Å². The molecule has 0 saturated carbocycles. The molecule has 1 aromatic heterocycles. The zero-order chi connectivity index (χ0) is 17.1. The van der Waals surface area contributed by atoms with Crippen molar-refractivity contribution in [3.63, 3.8) is 0 Å². The number of nitrogens with one attached hydrogen (secondary N) is 1. The van der Waals surface area contributed by atoms with Crippen LogP contribution in [0.2, 0.25) is 0 Å². The minimum atomic E-state index is 0.151. The largest absolute Gasteiger partial charge is 0.357 e. The molecule has 0 amide bonds. The summed E-state index contributed by atoms with van der Waals surface area (Å²) < 4.78 is 0. The quantitative estimate of drug-likeness (QED) is 0.661. The maximum absolute atomic E-state index is 11.5. The fourth-order valence-electron chi connectivity index (χ4n) is 5.49. The highest BCUT2D eigenvalue weighted by Crippen LogP contribution is 2.54. The van der Waals surface area contributed by atoms with Crippen LogP contribution in [0.5, 0.6) is 0 Å². The highest BCUT2D eigenvalue weighted by Gasteiger charge is 2.51. The van der Waals surface area contributed by atoms with E-state index in [1.54, 1.807) is 18.6 Å². The summed E-state index contributed by atoms with van der Waals surface area (Å²) in [6, 6.07) is 9.69. The number of aromatic nitrogens is 1. The molecule has 3 nitrogen and oxygen atoms in total. The minimum Gasteiger partial charge on any atom is -0.357 e. The summed E-state index contributed by atoms with van der Waals surface area (Å²) in [5, 5.41) is 1.38. The summed E-state index contributed by atoms with van der Waals surface area (Å²) in [6.07, 6.45) is 8.52. The van der Waals surface area contributed by atoms with Gasteiger partial charge < -0.3 is 4.98 Å². The SMILES string of the molecule is CC=C1CN2C3CC1C(C=CC(C)=O)C2Cc1c3[nH]c2ccccc12. The molecule has 0 spiro atoms. The number of nitrogens with zero attached hydrogens (tertiary/aromatic N) is 1. The molecule has 4 aliphatic heterocycles. The number of carbonyl (C=O) groups is 1. The Morgan fingerprint density at radius 2 is 2.16 bits per heavy atom. The van der Waals surface area contributed by atoms with Gasteiger partial charge in [-0.25, -0.2) is 0 Å². The first-order valence-corrected chi connectivity index (χ1v) is 9.36. The van der Waals surface area contributed by atoms with Gasteiger partial charge in [0.1, 0.15) is 0 Å². The molecular formula is C22H24N2O. The second kappa shape index (κ2) is 5.43. The fourth-order valence-corrected chi connectivity index (χ4v) is 5.49. The number of aromatic amines is 1. The van der Waals surface area contributed by atoms with Gasteiger partial charge in [-0.3, -0.25) is 9.69 Å². The zero-order valence-corrected chi connectivity index (χ0v) is 14.8. The lowest BCUT2D eigenvalue weighted by Crippen LogP contribution is -2.59. The molecule has 5 heterocycles. The number of rotatable bonds is 2. The summed E-state index contributed by atoms with van der Waals surface area (Å²) in [7, 11) is 0. The van der Waals surface area contributed by atoms with E-state index in [1.807, 2.05) is 0 Å². The summed E-state index contributed by atoms with van der Waals surface area (Å²) in [6.45, 7) is 4.89. The maximum atomic E-state index is 11.5. The van der Waals surface area contributed by atoms with E-state index in [9.17, 15) is 4.79 Å². The van der Waals surface area contributed by atoms with Crippen LogP contribution in [0.15, 0.2) is 48.1 Å². The van der Waals surface area contributed by atoms with Gasteiger partial charge in [0.2, 0.25) is 0 Å². The van der Waals surface area contributed by atoms with Gasteiger partial charge in [0.15, 0.2) is 5.78 Å². The Bertz CT molecular complexity index is 919. The first-order valence-electron chi connectivity index (χ1n) is 9.36. The van der Waals surface area contributed by atoms with E-state index >= 15 is 0 Å². The van der Waals surface area contributed by atoms with Crippen molar-refractivity contribution in [2.24, 2.45) is 11.8 Å². The number of piperidine rings is 3. The number of para-hydroxylation sites is 1. The van der Waals surface area contributed by atoms with Gasteiger partial charge in [-0.1, -0.05) is 35.9 Å². The number of benzene rings is 1. The van der Waals surface area contributed by atoms with Gasteiger partial charge in [0, 0.05) is 29.2 Å². The molecule has 0 aliphatic carbocycles. The molecule has 1 N–H and O–H groups in total. The first-order chi connectivity index (χ1) is 12.2. The van der Waals surface area contributed by atoms with Crippen LogP contribution in [0.3, 0.4) is 0 Å². The topological polar surface area (TPSA) is 36.1 Å². The lowest BCUT2D eigenvalue weighted by molar-refractivity contribution is -0.112. The van der Waals surface area contributed by atoms with E-state index in [4.69, 9.17) is 0 Å². The molecule has 128 valence electrons. The predicted octanol–water partition coefficient (Wildman–Crippen LogP) is 4.18. The van der Waals surface area contributed by atoms with Gasteiger partial charge in [-0.2, -0.15) is 0 Å². The predicted molar refractivity (Wildman–Crippen MR) is 100 cm³/mol. The Balaban J connectivity index is 1.64. The molecule has 5 atom stereocenters. The number of fused-ring (bicyclic) bond motifs is 4. The third-order valence-corrected chi connectivity index (χ3v) is 6.57. The van der Waals surface area contributed by atoms with Crippen molar-refractivity contribution >= 4 is 16.7 Å². The monoisotopic (exact) mass is 332 g/mol. The highest BCUT2D eigenvalue weighted by atomic mass is 16.1. The number of H-pyrrole nitrogens is 1. The fraction of sp³-hybridized carbons (Fsp3) is 0.409.